The summed E-state index contributed by atoms with van der Waals surface area (Å²) in [5.41, 5.74) is 7.93. The van der Waals surface area contributed by atoms with E-state index in [0.717, 1.165) is 5.56 Å². The topological polar surface area (TPSA) is 85.4 Å². The van der Waals surface area contributed by atoms with Gasteiger partial charge in [0, 0.05) is 17.3 Å². The first-order chi connectivity index (χ1) is 11.1. The second-order valence-electron chi connectivity index (χ2n) is 5.91. The first-order valence-electron chi connectivity index (χ1n) is 7.73. The molecule has 1 saturated carbocycles. The van der Waals surface area contributed by atoms with Crippen molar-refractivity contribution in [1.29, 1.82) is 0 Å². The molecule has 3 N–H and O–H groups in total. The Labute approximate surface area is 135 Å². The van der Waals surface area contributed by atoms with Crippen molar-refractivity contribution >= 4 is 5.78 Å². The molecule has 2 aromatic rings. The zero-order chi connectivity index (χ0) is 16.4. The fourth-order valence-electron chi connectivity index (χ4n) is 2.47. The van der Waals surface area contributed by atoms with Crippen molar-refractivity contribution in [3.63, 3.8) is 0 Å². The van der Waals surface area contributed by atoms with Crippen molar-refractivity contribution in [1.82, 2.24) is 4.98 Å². The zero-order valence-electron chi connectivity index (χ0n) is 13.0. The Morgan fingerprint density at radius 3 is 2.87 bits per heavy atom. The molecule has 1 aromatic heterocycles. The average molecular weight is 312 g/mol. The van der Waals surface area contributed by atoms with Crippen LogP contribution in [-0.2, 0) is 0 Å². The number of nitrogens with two attached hydrogens (primary N) is 1. The van der Waals surface area contributed by atoms with Crippen LogP contribution in [0.1, 0.15) is 41.9 Å². The minimum Gasteiger partial charge on any atom is -0.493 e. The number of hydrogen-bond donors (Lipinski definition) is 2. The van der Waals surface area contributed by atoms with E-state index < -0.39 is 6.23 Å². The molecule has 0 saturated heterocycles. The molecule has 23 heavy (non-hydrogen) atoms. The van der Waals surface area contributed by atoms with Crippen LogP contribution in [0.2, 0.25) is 0 Å². The van der Waals surface area contributed by atoms with Crippen molar-refractivity contribution in [2.45, 2.75) is 26.0 Å². The number of rotatable bonds is 6. The van der Waals surface area contributed by atoms with Crippen molar-refractivity contribution in [3.8, 4) is 17.0 Å². The SMILES string of the molecule is CC(=O)c1cc(-c2ncccc2C(N)O)ccc1OCC1CC1. The standard InChI is InChI=1S/C18H20N2O3/c1-11(21)15-9-13(6-7-16(15)23-10-12-4-5-12)17-14(18(19)22)3-2-8-20-17/h2-3,6-9,12,18,22H,4-5,10,19H2,1H3. The number of hydrogen-bond acceptors (Lipinski definition) is 5. The summed E-state index contributed by atoms with van der Waals surface area (Å²) in [7, 11) is 0. The van der Waals surface area contributed by atoms with Gasteiger partial charge in [-0.15, -0.1) is 0 Å². The summed E-state index contributed by atoms with van der Waals surface area (Å²) in [6, 6.07) is 8.81. The van der Waals surface area contributed by atoms with Crippen LogP contribution in [0.5, 0.6) is 5.75 Å². The fraction of sp³-hybridized carbons (Fsp3) is 0.333. The van der Waals surface area contributed by atoms with Gasteiger partial charge in [-0.05, 0) is 49.9 Å². The van der Waals surface area contributed by atoms with Crippen LogP contribution in [-0.4, -0.2) is 22.5 Å². The molecule has 0 amide bonds. The van der Waals surface area contributed by atoms with Crippen molar-refractivity contribution in [3.05, 3.63) is 47.7 Å². The van der Waals surface area contributed by atoms with E-state index in [4.69, 9.17) is 10.5 Å². The molecule has 0 bridgehead atoms. The lowest BCUT2D eigenvalue weighted by atomic mass is 10.0. The van der Waals surface area contributed by atoms with Gasteiger partial charge in [-0.25, -0.2) is 0 Å². The Hall–Kier alpha value is -2.24. The van der Waals surface area contributed by atoms with Crippen molar-refractivity contribution < 1.29 is 14.6 Å². The number of ether oxygens (including phenoxy) is 1. The van der Waals surface area contributed by atoms with E-state index in [1.165, 1.54) is 19.8 Å². The molecule has 5 nitrogen and oxygen atoms in total. The largest absolute Gasteiger partial charge is 0.493 e. The summed E-state index contributed by atoms with van der Waals surface area (Å²) in [6.07, 6.45) is 2.90. The van der Waals surface area contributed by atoms with Crippen LogP contribution in [0.25, 0.3) is 11.3 Å². The van der Waals surface area contributed by atoms with E-state index in [1.54, 1.807) is 30.5 Å². The van der Waals surface area contributed by atoms with Gasteiger partial charge in [0.25, 0.3) is 0 Å². The van der Waals surface area contributed by atoms with Gasteiger partial charge < -0.3 is 15.6 Å². The van der Waals surface area contributed by atoms with E-state index in [2.05, 4.69) is 4.98 Å². The number of aliphatic hydroxyl groups is 1. The van der Waals surface area contributed by atoms with Crippen LogP contribution in [0, 0.1) is 5.92 Å². The van der Waals surface area contributed by atoms with Gasteiger partial charge in [0.1, 0.15) is 12.0 Å². The van der Waals surface area contributed by atoms with Crippen LogP contribution in [0.4, 0.5) is 0 Å². The molecule has 120 valence electrons. The molecule has 3 rings (SSSR count). The third kappa shape index (κ3) is 3.57. The highest BCUT2D eigenvalue weighted by Crippen LogP contribution is 2.32. The molecule has 1 heterocycles. The van der Waals surface area contributed by atoms with E-state index in [9.17, 15) is 9.90 Å². The normalized spacial score (nSPS) is 15.3. The number of aromatic nitrogens is 1. The van der Waals surface area contributed by atoms with E-state index in [1.807, 2.05) is 6.07 Å². The average Bonchev–Trinajstić information content (AvgIpc) is 3.37. The summed E-state index contributed by atoms with van der Waals surface area (Å²) in [4.78, 5) is 16.2. The number of Topliss-reactive ketones (excluding diaryl/α,β-unsaturated/α-hetero) is 1. The number of nitrogens with zero attached hydrogens (tertiary/aromatic N) is 1. The highest BCUT2D eigenvalue weighted by molar-refractivity contribution is 5.98. The van der Waals surface area contributed by atoms with Crippen molar-refractivity contribution in [2.75, 3.05) is 6.61 Å². The Kier molecular flexibility index (Phi) is 4.41. The first kappa shape index (κ1) is 15.6. The zero-order valence-corrected chi connectivity index (χ0v) is 13.0. The van der Waals surface area contributed by atoms with Gasteiger partial charge in [-0.1, -0.05) is 6.07 Å². The van der Waals surface area contributed by atoms with E-state index in [0.29, 0.717) is 35.1 Å². The van der Waals surface area contributed by atoms with Gasteiger partial charge in [-0.3, -0.25) is 9.78 Å². The lowest BCUT2D eigenvalue weighted by Gasteiger charge is -2.14. The first-order valence-corrected chi connectivity index (χ1v) is 7.73. The second kappa shape index (κ2) is 6.48. The maximum absolute atomic E-state index is 12.0. The van der Waals surface area contributed by atoms with Gasteiger partial charge >= 0.3 is 0 Å². The number of carbonyl (C=O) groups excluding carboxylic acids is 1. The molecule has 0 aliphatic heterocycles. The second-order valence-corrected chi connectivity index (χ2v) is 5.91. The van der Waals surface area contributed by atoms with Crippen LogP contribution in [0.15, 0.2) is 36.5 Å². The van der Waals surface area contributed by atoms with Crippen LogP contribution in [0.3, 0.4) is 0 Å². The summed E-state index contributed by atoms with van der Waals surface area (Å²) >= 11 is 0. The minimum atomic E-state index is -1.12. The number of benzene rings is 1. The van der Waals surface area contributed by atoms with E-state index in [-0.39, 0.29) is 5.78 Å². The molecule has 1 atom stereocenters. The number of carbonyl (C=O) groups is 1. The Morgan fingerprint density at radius 2 is 2.22 bits per heavy atom. The number of ketones is 1. The quantitative estimate of drug-likeness (QED) is 0.633. The Balaban J connectivity index is 1.97. The molecule has 1 unspecified atom stereocenters. The lowest BCUT2D eigenvalue weighted by Crippen LogP contribution is -2.11. The highest BCUT2D eigenvalue weighted by atomic mass is 16.5. The summed E-state index contributed by atoms with van der Waals surface area (Å²) in [5.74, 6) is 1.15. The molecule has 1 fully saturated rings. The predicted molar refractivity (Wildman–Crippen MR) is 87.0 cm³/mol. The predicted octanol–water partition coefficient (Wildman–Crippen LogP) is 2.69. The monoisotopic (exact) mass is 312 g/mol. The minimum absolute atomic E-state index is 0.0663. The summed E-state index contributed by atoms with van der Waals surface area (Å²) < 4.78 is 5.78. The van der Waals surface area contributed by atoms with E-state index >= 15 is 0 Å². The summed E-state index contributed by atoms with van der Waals surface area (Å²) in [5, 5.41) is 9.70. The molecule has 1 aliphatic rings. The van der Waals surface area contributed by atoms with Gasteiger partial charge in [0.2, 0.25) is 0 Å². The smallest absolute Gasteiger partial charge is 0.163 e. The fourth-order valence-corrected chi connectivity index (χ4v) is 2.47. The molecule has 1 aliphatic carbocycles. The summed E-state index contributed by atoms with van der Waals surface area (Å²) in [6.45, 7) is 2.16. The number of aliphatic hydroxyl groups excluding tert-OH is 1. The molecule has 5 heteroatoms. The van der Waals surface area contributed by atoms with Gasteiger partial charge in [-0.2, -0.15) is 0 Å². The highest BCUT2D eigenvalue weighted by Gasteiger charge is 2.23. The van der Waals surface area contributed by atoms with Crippen molar-refractivity contribution in [2.24, 2.45) is 11.7 Å². The molecular formula is C18H20N2O3. The maximum Gasteiger partial charge on any atom is 0.163 e. The molecular weight excluding hydrogens is 292 g/mol. The Morgan fingerprint density at radius 1 is 1.43 bits per heavy atom. The Bertz CT molecular complexity index is 724. The molecule has 1 aromatic carbocycles. The van der Waals surface area contributed by atoms with Gasteiger partial charge in [0.15, 0.2) is 5.78 Å². The number of pyridine rings is 1. The third-order valence-electron chi connectivity index (χ3n) is 3.96. The molecule has 0 spiro atoms. The van der Waals surface area contributed by atoms with Gasteiger partial charge in [0.05, 0.1) is 17.9 Å². The maximum atomic E-state index is 12.0. The third-order valence-corrected chi connectivity index (χ3v) is 3.96. The molecule has 0 radical (unpaired) electrons. The lowest BCUT2D eigenvalue weighted by molar-refractivity contribution is 0.101. The van der Waals surface area contributed by atoms with Crippen LogP contribution >= 0.6 is 0 Å². The van der Waals surface area contributed by atoms with Crippen LogP contribution < -0.4 is 10.5 Å².